The number of aromatic nitrogens is 1. The zero-order valence-electron chi connectivity index (χ0n) is 11.8. The van der Waals surface area contributed by atoms with E-state index in [1.165, 1.54) is 11.1 Å². The number of rotatable bonds is 6. The van der Waals surface area contributed by atoms with Crippen molar-refractivity contribution in [2.45, 2.75) is 19.4 Å². The minimum atomic E-state index is 0.272. The van der Waals surface area contributed by atoms with Crippen LogP contribution in [-0.4, -0.2) is 18.6 Å². The van der Waals surface area contributed by atoms with Gasteiger partial charge in [-0.15, -0.1) is 0 Å². The molecule has 0 spiro atoms. The second-order valence-electron chi connectivity index (χ2n) is 4.57. The molecule has 20 heavy (non-hydrogen) atoms. The van der Waals surface area contributed by atoms with Crippen molar-refractivity contribution in [1.82, 2.24) is 10.3 Å². The molecule has 3 nitrogen and oxygen atoms in total. The largest absolute Gasteiger partial charge is 0.496 e. The topological polar surface area (TPSA) is 34.1 Å². The molecule has 1 unspecified atom stereocenters. The molecule has 0 aliphatic carbocycles. The SMILES string of the molecule is CCNC(Cc1ccc(OC)c(Br)c1)c1cccnc1. The van der Waals surface area contributed by atoms with Crippen LogP contribution in [-0.2, 0) is 6.42 Å². The van der Waals surface area contributed by atoms with Gasteiger partial charge in [0, 0.05) is 18.4 Å². The molecular formula is C16H19BrN2O. The summed E-state index contributed by atoms with van der Waals surface area (Å²) < 4.78 is 6.25. The van der Waals surface area contributed by atoms with Crippen molar-refractivity contribution >= 4 is 15.9 Å². The Balaban J connectivity index is 2.18. The zero-order chi connectivity index (χ0) is 14.4. The Labute approximate surface area is 128 Å². The molecule has 106 valence electrons. The van der Waals surface area contributed by atoms with Crippen LogP contribution >= 0.6 is 15.9 Å². The van der Waals surface area contributed by atoms with Gasteiger partial charge in [0.2, 0.25) is 0 Å². The molecule has 0 amide bonds. The lowest BCUT2D eigenvalue weighted by Gasteiger charge is -2.18. The first-order valence-corrected chi connectivity index (χ1v) is 7.49. The maximum Gasteiger partial charge on any atom is 0.133 e. The second kappa shape index (κ2) is 7.41. The minimum Gasteiger partial charge on any atom is -0.496 e. The molecule has 1 aromatic heterocycles. The highest BCUT2D eigenvalue weighted by Gasteiger charge is 2.12. The fraction of sp³-hybridized carbons (Fsp3) is 0.312. The number of hydrogen-bond acceptors (Lipinski definition) is 3. The number of nitrogens with one attached hydrogen (secondary N) is 1. The van der Waals surface area contributed by atoms with Crippen LogP contribution in [0.3, 0.4) is 0 Å². The van der Waals surface area contributed by atoms with Crippen LogP contribution in [0.1, 0.15) is 24.1 Å². The Morgan fingerprint density at radius 3 is 2.80 bits per heavy atom. The first kappa shape index (κ1) is 15.0. The van der Waals surface area contributed by atoms with Crippen LogP contribution in [0.4, 0.5) is 0 Å². The van der Waals surface area contributed by atoms with E-state index in [0.29, 0.717) is 0 Å². The van der Waals surface area contributed by atoms with Gasteiger partial charge in [0.1, 0.15) is 5.75 Å². The summed E-state index contributed by atoms with van der Waals surface area (Å²) in [6, 6.07) is 10.6. The van der Waals surface area contributed by atoms with Crippen molar-refractivity contribution in [3.05, 3.63) is 58.3 Å². The zero-order valence-corrected chi connectivity index (χ0v) is 13.4. The quantitative estimate of drug-likeness (QED) is 0.873. The summed E-state index contributed by atoms with van der Waals surface area (Å²) >= 11 is 3.53. The standard InChI is InChI=1S/C16H19BrN2O/c1-3-19-15(13-5-4-8-18-11-13)10-12-6-7-16(20-2)14(17)9-12/h4-9,11,15,19H,3,10H2,1-2H3. The molecule has 0 fully saturated rings. The second-order valence-corrected chi connectivity index (χ2v) is 5.42. The third-order valence-corrected chi connectivity index (χ3v) is 3.81. The van der Waals surface area contributed by atoms with Crippen molar-refractivity contribution in [2.75, 3.05) is 13.7 Å². The third-order valence-electron chi connectivity index (χ3n) is 3.19. The van der Waals surface area contributed by atoms with Crippen LogP contribution in [0, 0.1) is 0 Å². The summed E-state index contributed by atoms with van der Waals surface area (Å²) in [5, 5.41) is 3.51. The van der Waals surface area contributed by atoms with Gasteiger partial charge < -0.3 is 10.1 Å². The molecule has 0 saturated carbocycles. The van der Waals surface area contributed by atoms with E-state index in [1.807, 2.05) is 18.3 Å². The molecule has 0 aliphatic heterocycles. The molecule has 2 rings (SSSR count). The number of halogens is 1. The Kier molecular flexibility index (Phi) is 5.56. The fourth-order valence-electron chi connectivity index (χ4n) is 2.21. The van der Waals surface area contributed by atoms with Gasteiger partial charge >= 0.3 is 0 Å². The van der Waals surface area contributed by atoms with E-state index in [-0.39, 0.29) is 6.04 Å². The summed E-state index contributed by atoms with van der Waals surface area (Å²) in [6.45, 7) is 3.05. The summed E-state index contributed by atoms with van der Waals surface area (Å²) in [6.07, 6.45) is 4.64. The van der Waals surface area contributed by atoms with Gasteiger partial charge in [0.25, 0.3) is 0 Å². The highest BCUT2D eigenvalue weighted by Crippen LogP contribution is 2.27. The number of methoxy groups -OCH3 is 1. The maximum absolute atomic E-state index is 5.26. The lowest BCUT2D eigenvalue weighted by molar-refractivity contribution is 0.412. The minimum absolute atomic E-state index is 0.272. The lowest BCUT2D eigenvalue weighted by atomic mass is 10.00. The van der Waals surface area contributed by atoms with Crippen LogP contribution < -0.4 is 10.1 Å². The smallest absolute Gasteiger partial charge is 0.133 e. The Morgan fingerprint density at radius 2 is 2.20 bits per heavy atom. The number of pyridine rings is 1. The van der Waals surface area contributed by atoms with Gasteiger partial charge in [-0.25, -0.2) is 0 Å². The van der Waals surface area contributed by atoms with E-state index in [4.69, 9.17) is 4.74 Å². The fourth-order valence-corrected chi connectivity index (χ4v) is 2.80. The molecular weight excluding hydrogens is 316 g/mol. The summed E-state index contributed by atoms with van der Waals surface area (Å²) in [5.74, 6) is 0.857. The molecule has 1 heterocycles. The number of likely N-dealkylation sites (N-methyl/N-ethyl adjacent to an activating group) is 1. The van der Waals surface area contributed by atoms with E-state index < -0.39 is 0 Å². The summed E-state index contributed by atoms with van der Waals surface area (Å²) in [7, 11) is 1.68. The van der Waals surface area contributed by atoms with Crippen molar-refractivity contribution in [2.24, 2.45) is 0 Å². The van der Waals surface area contributed by atoms with Crippen LogP contribution in [0.25, 0.3) is 0 Å². The molecule has 4 heteroatoms. The van der Waals surface area contributed by atoms with Crippen molar-refractivity contribution in [3.63, 3.8) is 0 Å². The Morgan fingerprint density at radius 1 is 1.35 bits per heavy atom. The first-order valence-electron chi connectivity index (χ1n) is 6.70. The predicted molar refractivity (Wildman–Crippen MR) is 85.1 cm³/mol. The Hall–Kier alpha value is -1.39. The average Bonchev–Trinajstić information content (AvgIpc) is 2.48. The van der Waals surface area contributed by atoms with Gasteiger partial charge in [-0.05, 0) is 58.2 Å². The van der Waals surface area contributed by atoms with Crippen molar-refractivity contribution in [1.29, 1.82) is 0 Å². The van der Waals surface area contributed by atoms with Crippen molar-refractivity contribution in [3.8, 4) is 5.75 Å². The van der Waals surface area contributed by atoms with E-state index in [9.17, 15) is 0 Å². The Bertz CT molecular complexity index is 545. The van der Waals surface area contributed by atoms with E-state index in [2.05, 4.69) is 51.4 Å². The number of hydrogen-bond donors (Lipinski definition) is 1. The van der Waals surface area contributed by atoms with Gasteiger partial charge in [-0.2, -0.15) is 0 Å². The number of ether oxygens (including phenoxy) is 1. The molecule has 0 radical (unpaired) electrons. The van der Waals surface area contributed by atoms with E-state index >= 15 is 0 Å². The molecule has 2 aromatic rings. The molecule has 0 bridgehead atoms. The van der Waals surface area contributed by atoms with E-state index in [1.54, 1.807) is 13.3 Å². The molecule has 0 saturated heterocycles. The first-order chi connectivity index (χ1) is 9.74. The highest BCUT2D eigenvalue weighted by atomic mass is 79.9. The van der Waals surface area contributed by atoms with Crippen molar-refractivity contribution < 1.29 is 4.74 Å². The molecule has 1 N–H and O–H groups in total. The lowest BCUT2D eigenvalue weighted by Crippen LogP contribution is -2.23. The van der Waals surface area contributed by atoms with Gasteiger partial charge in [-0.3, -0.25) is 4.98 Å². The number of benzene rings is 1. The molecule has 0 aliphatic rings. The van der Waals surface area contributed by atoms with Crippen LogP contribution in [0.5, 0.6) is 5.75 Å². The molecule has 1 atom stereocenters. The number of nitrogens with zero attached hydrogens (tertiary/aromatic N) is 1. The average molecular weight is 335 g/mol. The van der Waals surface area contributed by atoms with Crippen LogP contribution in [0.15, 0.2) is 47.2 Å². The van der Waals surface area contributed by atoms with Gasteiger partial charge in [0.15, 0.2) is 0 Å². The van der Waals surface area contributed by atoms with Crippen LogP contribution in [0.2, 0.25) is 0 Å². The summed E-state index contributed by atoms with van der Waals surface area (Å²) in [5.41, 5.74) is 2.47. The van der Waals surface area contributed by atoms with Gasteiger partial charge in [-0.1, -0.05) is 19.1 Å². The maximum atomic E-state index is 5.26. The normalized spacial score (nSPS) is 12.2. The van der Waals surface area contributed by atoms with E-state index in [0.717, 1.165) is 23.2 Å². The molecule has 1 aromatic carbocycles. The summed E-state index contributed by atoms with van der Waals surface area (Å²) in [4.78, 5) is 4.21. The monoisotopic (exact) mass is 334 g/mol. The predicted octanol–water partition coefficient (Wildman–Crippen LogP) is 3.75. The highest BCUT2D eigenvalue weighted by molar-refractivity contribution is 9.10. The van der Waals surface area contributed by atoms with Gasteiger partial charge in [0.05, 0.1) is 11.6 Å². The third kappa shape index (κ3) is 3.81.